The van der Waals surface area contributed by atoms with E-state index in [0.717, 1.165) is 34.4 Å². The second-order valence-corrected chi connectivity index (χ2v) is 6.97. The maximum absolute atomic E-state index is 12.1. The Bertz CT molecular complexity index is 1100. The van der Waals surface area contributed by atoms with Gasteiger partial charge in [-0.2, -0.15) is 10.4 Å². The number of nitrogens with two attached hydrogens (primary N) is 1. The lowest BCUT2D eigenvalue weighted by Gasteiger charge is -2.11. The third-order valence-electron chi connectivity index (χ3n) is 4.80. The summed E-state index contributed by atoms with van der Waals surface area (Å²) in [6, 6.07) is 13.2. The van der Waals surface area contributed by atoms with Gasteiger partial charge < -0.3 is 21.5 Å². The quantitative estimate of drug-likeness (QED) is 0.389. The van der Waals surface area contributed by atoms with Gasteiger partial charge in [0.25, 0.3) is 5.91 Å². The lowest BCUT2D eigenvalue weighted by Crippen LogP contribution is -2.15. The molecule has 6 N–H and O–H groups in total. The third kappa shape index (κ3) is 4.52. The van der Waals surface area contributed by atoms with Gasteiger partial charge in [0.2, 0.25) is 0 Å². The Kier molecular flexibility index (Phi) is 6.23. The van der Waals surface area contributed by atoms with Crippen LogP contribution in [0, 0.1) is 18.3 Å². The van der Waals surface area contributed by atoms with Gasteiger partial charge in [0.1, 0.15) is 17.1 Å². The highest BCUT2D eigenvalue weighted by Crippen LogP contribution is 2.27. The molecule has 0 saturated heterocycles. The zero-order valence-corrected chi connectivity index (χ0v) is 16.9. The van der Waals surface area contributed by atoms with Crippen molar-refractivity contribution in [1.82, 2.24) is 10.2 Å². The molecule has 0 aliphatic heterocycles. The van der Waals surface area contributed by atoms with E-state index in [0.29, 0.717) is 30.4 Å². The molecule has 0 bridgehead atoms. The normalized spacial score (nSPS) is 10.4. The van der Waals surface area contributed by atoms with Crippen molar-refractivity contribution in [2.45, 2.75) is 33.2 Å². The molecule has 3 aromatic rings. The van der Waals surface area contributed by atoms with E-state index in [9.17, 15) is 9.90 Å². The minimum atomic E-state index is -0.619. The Balaban J connectivity index is 1.78. The number of phenols is 1. The fourth-order valence-electron chi connectivity index (χ4n) is 3.23. The monoisotopic (exact) mass is 404 g/mol. The molecule has 154 valence electrons. The van der Waals surface area contributed by atoms with Gasteiger partial charge in [0.05, 0.1) is 12.5 Å². The van der Waals surface area contributed by atoms with Crippen molar-refractivity contribution in [1.29, 1.82) is 5.26 Å². The summed E-state index contributed by atoms with van der Waals surface area (Å²) in [5.74, 6) is 0.418. The number of hydrogen-bond donors (Lipinski definition) is 5. The van der Waals surface area contributed by atoms with Crippen LogP contribution in [-0.2, 0) is 19.4 Å². The fraction of sp³-hybridized carbons (Fsp3) is 0.227. The number of benzene rings is 2. The molecule has 3 rings (SSSR count). The van der Waals surface area contributed by atoms with Gasteiger partial charge in [0.15, 0.2) is 5.82 Å². The number of primary amides is 1. The van der Waals surface area contributed by atoms with E-state index in [1.807, 2.05) is 50.2 Å². The van der Waals surface area contributed by atoms with Gasteiger partial charge in [-0.05, 0) is 47.7 Å². The predicted molar refractivity (Wildman–Crippen MR) is 116 cm³/mol. The molecule has 1 aromatic heterocycles. The van der Waals surface area contributed by atoms with E-state index in [1.165, 1.54) is 0 Å². The molecule has 0 aliphatic rings. The maximum Gasteiger partial charge on any atom is 0.256 e. The number of carbonyl (C=O) groups excluding carboxylic acids is 1. The molecule has 30 heavy (non-hydrogen) atoms. The second-order valence-electron chi connectivity index (χ2n) is 6.97. The summed E-state index contributed by atoms with van der Waals surface area (Å²) in [6.07, 6.45) is 1.05. The second kappa shape index (κ2) is 9.01. The predicted octanol–water partition coefficient (Wildman–Crippen LogP) is 3.51. The SMILES string of the molecule is CCc1cc(CNc2n[nH]c(Nc3ccc(CC#N)cc3)c2C(N)=O)cc(C)c1O. The van der Waals surface area contributed by atoms with Gasteiger partial charge in [0, 0.05) is 12.2 Å². The summed E-state index contributed by atoms with van der Waals surface area (Å²) in [7, 11) is 0. The first kappa shape index (κ1) is 20.7. The zero-order chi connectivity index (χ0) is 21.7. The zero-order valence-electron chi connectivity index (χ0n) is 16.9. The van der Waals surface area contributed by atoms with Crippen molar-refractivity contribution in [3.05, 3.63) is 64.2 Å². The van der Waals surface area contributed by atoms with Crippen molar-refractivity contribution < 1.29 is 9.90 Å². The first-order chi connectivity index (χ1) is 14.4. The van der Waals surface area contributed by atoms with Crippen molar-refractivity contribution in [2.24, 2.45) is 5.73 Å². The van der Waals surface area contributed by atoms with Crippen LogP contribution in [0.1, 0.15) is 39.5 Å². The van der Waals surface area contributed by atoms with E-state index in [2.05, 4.69) is 26.9 Å². The topological polar surface area (TPSA) is 140 Å². The van der Waals surface area contributed by atoms with Gasteiger partial charge in [-0.1, -0.05) is 31.2 Å². The number of anilines is 3. The summed E-state index contributed by atoms with van der Waals surface area (Å²) >= 11 is 0. The minimum absolute atomic E-state index is 0.224. The molecule has 0 spiro atoms. The van der Waals surface area contributed by atoms with Crippen LogP contribution in [0.25, 0.3) is 0 Å². The number of amides is 1. The Labute approximate surface area is 174 Å². The van der Waals surface area contributed by atoms with Gasteiger partial charge >= 0.3 is 0 Å². The molecule has 1 heterocycles. The number of nitriles is 1. The molecular formula is C22H24N6O2. The number of carbonyl (C=O) groups is 1. The number of H-pyrrole nitrogens is 1. The van der Waals surface area contributed by atoms with E-state index in [-0.39, 0.29) is 5.56 Å². The van der Waals surface area contributed by atoms with Crippen LogP contribution >= 0.6 is 0 Å². The Morgan fingerprint density at radius 3 is 2.63 bits per heavy atom. The van der Waals surface area contributed by atoms with E-state index >= 15 is 0 Å². The summed E-state index contributed by atoms with van der Waals surface area (Å²) in [4.78, 5) is 12.1. The van der Waals surface area contributed by atoms with Gasteiger partial charge in [-0.15, -0.1) is 0 Å². The molecule has 0 atom stereocenters. The van der Waals surface area contributed by atoms with Crippen molar-refractivity contribution in [2.75, 3.05) is 10.6 Å². The number of rotatable bonds is 8. The van der Waals surface area contributed by atoms with Crippen LogP contribution in [-0.4, -0.2) is 21.2 Å². The molecule has 0 fully saturated rings. The molecule has 0 radical (unpaired) electrons. The smallest absolute Gasteiger partial charge is 0.256 e. The Morgan fingerprint density at radius 1 is 1.27 bits per heavy atom. The third-order valence-corrected chi connectivity index (χ3v) is 4.80. The molecule has 0 unspecified atom stereocenters. The summed E-state index contributed by atoms with van der Waals surface area (Å²) in [6.45, 7) is 4.25. The summed E-state index contributed by atoms with van der Waals surface area (Å²) < 4.78 is 0. The highest BCUT2D eigenvalue weighted by atomic mass is 16.3. The highest BCUT2D eigenvalue weighted by Gasteiger charge is 2.19. The average Bonchev–Trinajstić information content (AvgIpc) is 3.13. The first-order valence-electron chi connectivity index (χ1n) is 9.59. The number of nitrogens with one attached hydrogen (secondary N) is 3. The number of aromatic amines is 1. The van der Waals surface area contributed by atoms with Crippen molar-refractivity contribution >= 4 is 23.2 Å². The van der Waals surface area contributed by atoms with Crippen LogP contribution in [0.4, 0.5) is 17.3 Å². The van der Waals surface area contributed by atoms with Crippen molar-refractivity contribution in [3.8, 4) is 11.8 Å². The van der Waals surface area contributed by atoms with Gasteiger partial charge in [-0.25, -0.2) is 0 Å². The van der Waals surface area contributed by atoms with E-state index < -0.39 is 5.91 Å². The van der Waals surface area contributed by atoms with Crippen molar-refractivity contribution in [3.63, 3.8) is 0 Å². The van der Waals surface area contributed by atoms with E-state index in [1.54, 1.807) is 0 Å². The fourth-order valence-corrected chi connectivity index (χ4v) is 3.23. The molecule has 8 heteroatoms. The standard InChI is InChI=1S/C22H24N6O2/c1-3-16-11-15(10-13(2)19(16)29)12-25-21-18(20(24)30)22(28-27-21)26-17-6-4-14(5-7-17)8-9-23/h4-7,10-11,29H,3,8,12H2,1-2H3,(H2,24,30)(H3,25,26,27,28). The number of aryl methyl sites for hydroxylation is 2. The van der Waals surface area contributed by atoms with Crippen LogP contribution in [0.3, 0.4) is 0 Å². The minimum Gasteiger partial charge on any atom is -0.507 e. The number of nitrogens with zero attached hydrogens (tertiary/aromatic N) is 2. The molecule has 0 aliphatic carbocycles. The molecular weight excluding hydrogens is 380 g/mol. The molecule has 2 aromatic carbocycles. The summed E-state index contributed by atoms with van der Waals surface area (Å²) in [5, 5.41) is 32.1. The number of aromatic hydroxyl groups is 1. The summed E-state index contributed by atoms with van der Waals surface area (Å²) in [5.41, 5.74) is 10.1. The maximum atomic E-state index is 12.1. The Morgan fingerprint density at radius 2 is 2.00 bits per heavy atom. The first-order valence-corrected chi connectivity index (χ1v) is 9.59. The molecule has 8 nitrogen and oxygen atoms in total. The van der Waals surface area contributed by atoms with Crippen LogP contribution in [0.15, 0.2) is 36.4 Å². The Hall–Kier alpha value is -3.99. The van der Waals surface area contributed by atoms with Crippen LogP contribution in [0.5, 0.6) is 5.75 Å². The van der Waals surface area contributed by atoms with E-state index in [4.69, 9.17) is 11.0 Å². The molecule has 1 amide bonds. The molecule has 0 saturated carbocycles. The van der Waals surface area contributed by atoms with Gasteiger partial charge in [-0.3, -0.25) is 9.89 Å². The number of phenolic OH excluding ortho intramolecular Hbond substituents is 1. The lowest BCUT2D eigenvalue weighted by atomic mass is 10.0. The van der Waals surface area contributed by atoms with Crippen LogP contribution in [0.2, 0.25) is 0 Å². The number of hydrogen-bond acceptors (Lipinski definition) is 6. The largest absolute Gasteiger partial charge is 0.507 e. The highest BCUT2D eigenvalue weighted by molar-refractivity contribution is 6.03. The number of aromatic nitrogens is 2. The lowest BCUT2D eigenvalue weighted by molar-refractivity contribution is 0.100. The average molecular weight is 404 g/mol. The van der Waals surface area contributed by atoms with Crippen LogP contribution < -0.4 is 16.4 Å².